The van der Waals surface area contributed by atoms with Gasteiger partial charge >= 0.3 is 6.03 Å². The maximum Gasteiger partial charge on any atom is 0.331 e. The number of imide groups is 1. The van der Waals surface area contributed by atoms with Gasteiger partial charge in [-0.1, -0.05) is 18.2 Å². The maximum atomic E-state index is 13.4. The first-order valence-corrected chi connectivity index (χ1v) is 11.2. The molecule has 4 rings (SSSR count). The van der Waals surface area contributed by atoms with Crippen LogP contribution in [0.25, 0.3) is 5.57 Å². The number of ketones is 1. The number of para-hydroxylation sites is 1. The van der Waals surface area contributed by atoms with Gasteiger partial charge < -0.3 is 9.84 Å². The van der Waals surface area contributed by atoms with E-state index in [1.165, 1.54) is 17.0 Å². The Morgan fingerprint density at radius 3 is 2.35 bits per heavy atom. The Kier molecular flexibility index (Phi) is 7.04. The molecule has 0 bridgehead atoms. The summed E-state index contributed by atoms with van der Waals surface area (Å²) in [5.74, 6) is -2.91. The normalized spacial score (nSPS) is 19.6. The van der Waals surface area contributed by atoms with E-state index in [4.69, 9.17) is 4.74 Å². The zero-order valence-corrected chi connectivity index (χ0v) is 18.9. The highest BCUT2D eigenvalue weighted by atomic mass is 19.1. The van der Waals surface area contributed by atoms with Crippen LogP contribution in [0.5, 0.6) is 0 Å². The van der Waals surface area contributed by atoms with Crippen LogP contribution < -0.4 is 4.90 Å². The lowest BCUT2D eigenvalue weighted by Gasteiger charge is -2.34. The molecule has 8 nitrogen and oxygen atoms in total. The molecule has 1 fully saturated rings. The van der Waals surface area contributed by atoms with Gasteiger partial charge in [0.1, 0.15) is 5.82 Å². The third kappa shape index (κ3) is 4.57. The number of aliphatic hydroxyl groups excluding tert-OH is 1. The number of urea groups is 1. The molecule has 0 aliphatic carbocycles. The Balaban J connectivity index is 1.79. The van der Waals surface area contributed by atoms with Crippen molar-refractivity contribution in [3.63, 3.8) is 0 Å². The first-order valence-electron chi connectivity index (χ1n) is 11.2. The molecule has 178 valence electrons. The SMILES string of the molecule is CCN1C(=O)N(CCN2CCOCC2)C(=O)/C(O)=C(/C(=O)c2ccc(F)cc2)c2ccccc21. The van der Waals surface area contributed by atoms with Crippen molar-refractivity contribution in [2.24, 2.45) is 0 Å². The molecule has 0 spiro atoms. The average molecular weight is 467 g/mol. The van der Waals surface area contributed by atoms with Crippen molar-refractivity contribution >= 4 is 29.0 Å². The first kappa shape index (κ1) is 23.6. The number of amides is 3. The van der Waals surface area contributed by atoms with Crippen LogP contribution in [0.1, 0.15) is 22.8 Å². The average Bonchev–Trinajstić information content (AvgIpc) is 2.86. The Bertz CT molecular complexity index is 1130. The topological polar surface area (TPSA) is 90.4 Å². The van der Waals surface area contributed by atoms with Crippen LogP contribution in [-0.2, 0) is 9.53 Å². The van der Waals surface area contributed by atoms with Crippen LogP contribution >= 0.6 is 0 Å². The Labute approximate surface area is 196 Å². The molecule has 2 aromatic carbocycles. The molecule has 2 heterocycles. The highest BCUT2D eigenvalue weighted by Gasteiger charge is 2.37. The summed E-state index contributed by atoms with van der Waals surface area (Å²) < 4.78 is 18.8. The lowest BCUT2D eigenvalue weighted by Crippen LogP contribution is -2.51. The second-order valence-electron chi connectivity index (χ2n) is 8.01. The number of nitrogens with zero attached hydrogens (tertiary/aromatic N) is 3. The summed E-state index contributed by atoms with van der Waals surface area (Å²) in [5, 5.41) is 11.0. The van der Waals surface area contributed by atoms with Crippen molar-refractivity contribution in [3.8, 4) is 0 Å². The van der Waals surface area contributed by atoms with E-state index in [0.29, 0.717) is 38.5 Å². The minimum Gasteiger partial charge on any atom is -0.502 e. The van der Waals surface area contributed by atoms with E-state index in [2.05, 4.69) is 4.90 Å². The van der Waals surface area contributed by atoms with E-state index in [9.17, 15) is 23.9 Å². The number of hydrogen-bond acceptors (Lipinski definition) is 6. The summed E-state index contributed by atoms with van der Waals surface area (Å²) in [6, 6.07) is 10.9. The van der Waals surface area contributed by atoms with E-state index in [1.807, 2.05) is 0 Å². The van der Waals surface area contributed by atoms with E-state index in [0.717, 1.165) is 17.0 Å². The number of halogens is 1. The molecular formula is C25H26FN3O5. The summed E-state index contributed by atoms with van der Waals surface area (Å²) in [4.78, 5) is 44.7. The lowest BCUT2D eigenvalue weighted by molar-refractivity contribution is -0.127. The minimum atomic E-state index is -0.948. The van der Waals surface area contributed by atoms with Gasteiger partial charge in [-0.25, -0.2) is 9.18 Å². The molecule has 0 atom stereocenters. The number of hydrogen-bond donors (Lipinski definition) is 1. The fourth-order valence-corrected chi connectivity index (χ4v) is 4.16. The number of morpholine rings is 1. The molecule has 1 saturated heterocycles. The van der Waals surface area contributed by atoms with Crippen molar-refractivity contribution in [1.29, 1.82) is 0 Å². The Hall–Kier alpha value is -3.56. The van der Waals surface area contributed by atoms with Crippen molar-refractivity contribution in [2.75, 3.05) is 50.8 Å². The molecule has 9 heteroatoms. The molecule has 0 radical (unpaired) electrons. The van der Waals surface area contributed by atoms with Gasteiger partial charge in [-0.15, -0.1) is 0 Å². The number of anilines is 1. The predicted molar refractivity (Wildman–Crippen MR) is 124 cm³/mol. The molecule has 2 aromatic rings. The molecule has 0 saturated carbocycles. The summed E-state index contributed by atoms with van der Waals surface area (Å²) in [6.45, 7) is 4.95. The van der Waals surface area contributed by atoms with Crippen LogP contribution in [0.15, 0.2) is 54.3 Å². The fourth-order valence-electron chi connectivity index (χ4n) is 4.16. The maximum absolute atomic E-state index is 13.4. The monoisotopic (exact) mass is 467 g/mol. The number of rotatable bonds is 6. The van der Waals surface area contributed by atoms with Crippen molar-refractivity contribution < 1.29 is 28.6 Å². The zero-order chi connectivity index (χ0) is 24.2. The lowest BCUT2D eigenvalue weighted by atomic mass is 9.92. The zero-order valence-electron chi connectivity index (χ0n) is 18.9. The van der Waals surface area contributed by atoms with Crippen molar-refractivity contribution in [3.05, 3.63) is 71.2 Å². The molecule has 0 unspecified atom stereocenters. The second kappa shape index (κ2) is 10.1. The Morgan fingerprint density at radius 2 is 1.68 bits per heavy atom. The summed E-state index contributed by atoms with van der Waals surface area (Å²) >= 11 is 0. The number of aliphatic hydroxyl groups is 1. The summed E-state index contributed by atoms with van der Waals surface area (Å²) in [5.41, 5.74) is 0.538. The van der Waals surface area contributed by atoms with Crippen molar-refractivity contribution in [1.82, 2.24) is 9.80 Å². The van der Waals surface area contributed by atoms with E-state index in [1.54, 1.807) is 31.2 Å². The molecular weight excluding hydrogens is 441 g/mol. The van der Waals surface area contributed by atoms with Crippen LogP contribution in [0.4, 0.5) is 14.9 Å². The number of benzene rings is 2. The number of carbonyl (C=O) groups is 3. The van der Waals surface area contributed by atoms with Crippen molar-refractivity contribution in [2.45, 2.75) is 6.92 Å². The van der Waals surface area contributed by atoms with E-state index >= 15 is 0 Å². The van der Waals surface area contributed by atoms with E-state index in [-0.39, 0.29) is 29.8 Å². The molecule has 3 amide bonds. The number of fused-ring (bicyclic) bond motifs is 1. The van der Waals surface area contributed by atoms with Crippen LogP contribution in [0.2, 0.25) is 0 Å². The second-order valence-corrected chi connectivity index (χ2v) is 8.01. The quantitative estimate of drug-likeness (QED) is 0.657. The summed E-state index contributed by atoms with van der Waals surface area (Å²) in [7, 11) is 0. The highest BCUT2D eigenvalue weighted by molar-refractivity contribution is 6.34. The van der Waals surface area contributed by atoms with Gasteiger partial charge in [0.05, 0.1) is 24.5 Å². The van der Waals surface area contributed by atoms with Crippen LogP contribution in [-0.4, -0.2) is 78.6 Å². The number of allylic oxidation sites excluding steroid dienone is 1. The standard InChI is InChI=1S/C25H26FN3O5/c1-2-28-20-6-4-3-5-19(20)21(22(30)17-7-9-18(26)10-8-17)23(31)24(32)29(25(28)33)12-11-27-13-15-34-16-14-27/h3-10,31H,2,11-16H2,1H3/b23-21-. The molecule has 2 aliphatic rings. The third-order valence-electron chi connectivity index (χ3n) is 6.00. The van der Waals surface area contributed by atoms with Gasteiger partial charge in [0, 0.05) is 43.9 Å². The number of ether oxygens (including phenoxy) is 1. The van der Waals surface area contributed by atoms with Gasteiger partial charge in [-0.05, 0) is 37.3 Å². The predicted octanol–water partition coefficient (Wildman–Crippen LogP) is 3.10. The van der Waals surface area contributed by atoms with Gasteiger partial charge in [0.2, 0.25) is 0 Å². The minimum absolute atomic E-state index is 0.0401. The molecule has 2 aliphatic heterocycles. The molecule has 34 heavy (non-hydrogen) atoms. The van der Waals surface area contributed by atoms with Crippen LogP contribution in [0.3, 0.4) is 0 Å². The Morgan fingerprint density at radius 1 is 1.00 bits per heavy atom. The van der Waals surface area contributed by atoms with Gasteiger partial charge in [-0.2, -0.15) is 0 Å². The fraction of sp³-hybridized carbons (Fsp3) is 0.320. The first-order chi connectivity index (χ1) is 16.4. The van der Waals surface area contributed by atoms with Gasteiger partial charge in [0.25, 0.3) is 5.91 Å². The number of carbonyl (C=O) groups excluding carboxylic acids is 3. The number of Topliss-reactive ketones (excluding diaryl/α,β-unsaturated/α-hetero) is 1. The highest BCUT2D eigenvalue weighted by Crippen LogP contribution is 2.34. The van der Waals surface area contributed by atoms with Gasteiger partial charge in [0.15, 0.2) is 11.5 Å². The van der Waals surface area contributed by atoms with Crippen LogP contribution in [0, 0.1) is 5.82 Å². The largest absolute Gasteiger partial charge is 0.502 e. The van der Waals surface area contributed by atoms with E-state index < -0.39 is 29.3 Å². The smallest absolute Gasteiger partial charge is 0.331 e. The molecule has 1 N–H and O–H groups in total. The van der Waals surface area contributed by atoms with Gasteiger partial charge in [-0.3, -0.25) is 24.3 Å². The molecule has 0 aromatic heterocycles. The summed E-state index contributed by atoms with van der Waals surface area (Å²) in [6.07, 6.45) is 0. The third-order valence-corrected chi connectivity index (χ3v) is 6.00.